The Balaban J connectivity index is 2.24. The molecule has 0 aromatic carbocycles. The SMILES string of the molecule is CCCCS(=O)(=O)N[C@@H](CNC(=O)CCNC(=O)CCC1CCNCC1)C(=O)O. The highest BCUT2D eigenvalue weighted by Crippen LogP contribution is 2.17. The number of nitrogens with one attached hydrogen (secondary N) is 4. The number of carbonyl (C=O) groups is 3. The summed E-state index contributed by atoms with van der Waals surface area (Å²) in [7, 11) is -3.72. The first kappa shape index (κ1) is 25.3. The largest absolute Gasteiger partial charge is 0.480 e. The van der Waals surface area contributed by atoms with Crippen LogP contribution in [0.4, 0.5) is 0 Å². The highest BCUT2D eigenvalue weighted by Gasteiger charge is 2.24. The van der Waals surface area contributed by atoms with E-state index in [0.29, 0.717) is 25.2 Å². The summed E-state index contributed by atoms with van der Waals surface area (Å²) in [5.41, 5.74) is 0. The van der Waals surface area contributed by atoms with Crippen LogP contribution in [0, 0.1) is 5.92 Å². The lowest BCUT2D eigenvalue weighted by molar-refractivity contribution is -0.138. The summed E-state index contributed by atoms with van der Waals surface area (Å²) in [6.45, 7) is 3.59. The maximum absolute atomic E-state index is 11.9. The van der Waals surface area contributed by atoms with Gasteiger partial charge in [0.05, 0.1) is 5.75 Å². The third-order valence-electron chi connectivity index (χ3n) is 4.80. The van der Waals surface area contributed by atoms with E-state index in [1.807, 2.05) is 6.92 Å². The Hall–Kier alpha value is -1.72. The average Bonchev–Trinajstić information content (AvgIpc) is 2.68. The molecule has 11 heteroatoms. The van der Waals surface area contributed by atoms with E-state index >= 15 is 0 Å². The van der Waals surface area contributed by atoms with Gasteiger partial charge in [-0.25, -0.2) is 8.42 Å². The number of carbonyl (C=O) groups excluding carboxylic acids is 2. The van der Waals surface area contributed by atoms with Gasteiger partial charge in [-0.05, 0) is 44.7 Å². The minimum Gasteiger partial charge on any atom is -0.480 e. The van der Waals surface area contributed by atoms with Gasteiger partial charge in [-0.3, -0.25) is 14.4 Å². The number of carboxylic acid groups (broad SMARTS) is 1. The molecule has 10 nitrogen and oxygen atoms in total. The molecule has 0 aliphatic carbocycles. The number of sulfonamides is 1. The number of aliphatic carboxylic acids is 1. The quantitative estimate of drug-likeness (QED) is 0.248. The molecule has 1 aliphatic rings. The minimum atomic E-state index is -3.72. The standard InChI is InChI=1S/C18H34N4O6S/c1-2-3-12-29(27,28)22-15(18(25)26)13-21-17(24)8-11-20-16(23)5-4-14-6-9-19-10-7-14/h14-15,19,22H,2-13H2,1H3,(H,20,23)(H,21,24)(H,25,26)/t15-/m0/s1. The fourth-order valence-corrected chi connectivity index (χ4v) is 4.41. The normalized spacial score (nSPS) is 16.2. The van der Waals surface area contributed by atoms with E-state index in [1.54, 1.807) is 0 Å². The lowest BCUT2D eigenvalue weighted by atomic mass is 9.93. The second-order valence-corrected chi connectivity index (χ2v) is 9.19. The van der Waals surface area contributed by atoms with Crippen LogP contribution in [0.3, 0.4) is 0 Å². The van der Waals surface area contributed by atoms with Gasteiger partial charge in [0.15, 0.2) is 0 Å². The molecule has 1 aliphatic heterocycles. The van der Waals surface area contributed by atoms with Gasteiger partial charge in [-0.1, -0.05) is 13.3 Å². The van der Waals surface area contributed by atoms with Gasteiger partial charge >= 0.3 is 5.97 Å². The van der Waals surface area contributed by atoms with Crippen LogP contribution < -0.4 is 20.7 Å². The van der Waals surface area contributed by atoms with E-state index in [2.05, 4.69) is 20.7 Å². The Bertz CT molecular complexity index is 634. The molecular weight excluding hydrogens is 400 g/mol. The van der Waals surface area contributed by atoms with E-state index in [0.717, 1.165) is 32.4 Å². The van der Waals surface area contributed by atoms with Crippen molar-refractivity contribution in [2.24, 2.45) is 5.92 Å². The van der Waals surface area contributed by atoms with Crippen molar-refractivity contribution in [2.45, 2.75) is 57.9 Å². The first-order valence-corrected chi connectivity index (χ1v) is 11.9. The van der Waals surface area contributed by atoms with E-state index in [9.17, 15) is 22.8 Å². The molecule has 168 valence electrons. The van der Waals surface area contributed by atoms with E-state index in [-0.39, 0.29) is 31.2 Å². The fourth-order valence-electron chi connectivity index (χ4n) is 3.00. The topological polar surface area (TPSA) is 154 Å². The molecule has 1 atom stereocenters. The zero-order chi connectivity index (χ0) is 21.7. The van der Waals surface area contributed by atoms with Crippen LogP contribution in [-0.4, -0.2) is 69.3 Å². The van der Waals surface area contributed by atoms with Crippen molar-refractivity contribution >= 4 is 27.8 Å². The smallest absolute Gasteiger partial charge is 0.323 e. The zero-order valence-corrected chi connectivity index (χ0v) is 17.9. The molecule has 0 spiro atoms. The second-order valence-electron chi connectivity index (χ2n) is 7.32. The predicted octanol–water partition coefficient (Wildman–Crippen LogP) is -0.439. The summed E-state index contributed by atoms with van der Waals surface area (Å²) in [5.74, 6) is -1.54. The van der Waals surface area contributed by atoms with Gasteiger partial charge in [-0.15, -0.1) is 0 Å². The van der Waals surface area contributed by atoms with Crippen molar-refractivity contribution in [1.82, 2.24) is 20.7 Å². The van der Waals surface area contributed by atoms with Crippen molar-refractivity contribution in [2.75, 3.05) is 31.9 Å². The summed E-state index contributed by atoms with van der Waals surface area (Å²) >= 11 is 0. The predicted molar refractivity (Wildman–Crippen MR) is 109 cm³/mol. The van der Waals surface area contributed by atoms with E-state index < -0.39 is 27.9 Å². The third-order valence-corrected chi connectivity index (χ3v) is 6.27. The molecule has 29 heavy (non-hydrogen) atoms. The van der Waals surface area contributed by atoms with Gasteiger partial charge in [-0.2, -0.15) is 4.72 Å². The molecule has 5 N–H and O–H groups in total. The molecule has 0 aromatic rings. The lowest BCUT2D eigenvalue weighted by Gasteiger charge is -2.22. The Morgan fingerprint density at radius 1 is 1.10 bits per heavy atom. The number of hydrogen-bond donors (Lipinski definition) is 5. The monoisotopic (exact) mass is 434 g/mol. The van der Waals surface area contributed by atoms with Crippen molar-refractivity contribution in [3.63, 3.8) is 0 Å². The number of hydrogen-bond acceptors (Lipinski definition) is 6. The third kappa shape index (κ3) is 11.8. The number of unbranched alkanes of at least 4 members (excludes halogenated alkanes) is 1. The molecule has 1 fully saturated rings. The lowest BCUT2D eigenvalue weighted by Crippen LogP contribution is -2.49. The average molecular weight is 435 g/mol. The van der Waals surface area contributed by atoms with Crippen molar-refractivity contribution in [3.05, 3.63) is 0 Å². The number of carboxylic acids is 1. The molecule has 1 rings (SSSR count). The number of rotatable bonds is 14. The highest BCUT2D eigenvalue weighted by atomic mass is 32.2. The van der Waals surface area contributed by atoms with Crippen LogP contribution in [-0.2, 0) is 24.4 Å². The van der Waals surface area contributed by atoms with Gasteiger partial charge in [0.2, 0.25) is 21.8 Å². The zero-order valence-electron chi connectivity index (χ0n) is 17.0. The Morgan fingerprint density at radius 2 is 1.76 bits per heavy atom. The van der Waals surface area contributed by atoms with Crippen LogP contribution in [0.5, 0.6) is 0 Å². The van der Waals surface area contributed by atoms with Crippen LogP contribution in [0.25, 0.3) is 0 Å². The van der Waals surface area contributed by atoms with E-state index in [1.165, 1.54) is 0 Å². The fraction of sp³-hybridized carbons (Fsp3) is 0.833. The first-order valence-electron chi connectivity index (χ1n) is 10.2. The maximum Gasteiger partial charge on any atom is 0.323 e. The molecular formula is C18H34N4O6S. The van der Waals surface area contributed by atoms with Crippen molar-refractivity contribution in [1.29, 1.82) is 0 Å². The maximum atomic E-state index is 11.9. The summed E-state index contributed by atoms with van der Waals surface area (Å²) in [5, 5.41) is 17.5. The number of piperidine rings is 1. The molecule has 1 saturated heterocycles. The summed E-state index contributed by atoms with van der Waals surface area (Å²) in [6.07, 6.45) is 4.48. The Labute approximate surface area is 172 Å². The Kier molecular flexibility index (Phi) is 11.8. The molecule has 1 heterocycles. The minimum absolute atomic E-state index is 0.00594. The summed E-state index contributed by atoms with van der Waals surface area (Å²) < 4.78 is 25.8. The van der Waals surface area contributed by atoms with Crippen LogP contribution >= 0.6 is 0 Å². The molecule has 0 aromatic heterocycles. The van der Waals surface area contributed by atoms with Gasteiger partial charge in [0.1, 0.15) is 6.04 Å². The summed E-state index contributed by atoms with van der Waals surface area (Å²) in [4.78, 5) is 34.9. The summed E-state index contributed by atoms with van der Waals surface area (Å²) in [6, 6.07) is -1.43. The van der Waals surface area contributed by atoms with Crippen molar-refractivity contribution in [3.8, 4) is 0 Å². The van der Waals surface area contributed by atoms with Crippen molar-refractivity contribution < 1.29 is 27.9 Å². The Morgan fingerprint density at radius 3 is 2.38 bits per heavy atom. The van der Waals surface area contributed by atoms with E-state index in [4.69, 9.17) is 5.11 Å². The second kappa shape index (κ2) is 13.5. The number of amides is 2. The molecule has 0 radical (unpaired) electrons. The first-order chi connectivity index (χ1) is 13.7. The van der Waals surface area contributed by atoms with Gasteiger partial charge in [0, 0.05) is 25.9 Å². The van der Waals surface area contributed by atoms with Gasteiger partial charge in [0.25, 0.3) is 0 Å². The molecule has 2 amide bonds. The molecule has 0 bridgehead atoms. The highest BCUT2D eigenvalue weighted by molar-refractivity contribution is 7.89. The molecule has 0 unspecified atom stereocenters. The molecule has 0 saturated carbocycles. The van der Waals surface area contributed by atoms with Gasteiger partial charge < -0.3 is 21.1 Å². The van der Waals surface area contributed by atoms with Crippen LogP contribution in [0.1, 0.15) is 51.9 Å². The van der Waals surface area contributed by atoms with Crippen LogP contribution in [0.15, 0.2) is 0 Å². The van der Waals surface area contributed by atoms with Crippen LogP contribution in [0.2, 0.25) is 0 Å².